The van der Waals surface area contributed by atoms with Gasteiger partial charge in [-0.05, 0) is 37.2 Å². The maximum atomic E-state index is 4.97. The van der Waals surface area contributed by atoms with Crippen molar-refractivity contribution in [3.05, 3.63) is 36.2 Å². The topological polar surface area (TPSA) is 59.1 Å². The summed E-state index contributed by atoms with van der Waals surface area (Å²) in [5.41, 5.74) is 3.14. The van der Waals surface area contributed by atoms with E-state index in [1.54, 1.807) is 19.5 Å². The van der Waals surface area contributed by atoms with Crippen LogP contribution >= 0.6 is 0 Å². The molecule has 0 radical (unpaired) electrons. The first-order valence-corrected chi connectivity index (χ1v) is 7.00. The zero-order valence-corrected chi connectivity index (χ0v) is 11.9. The zero-order valence-electron chi connectivity index (χ0n) is 11.9. The molecule has 1 aromatic carbocycles. The number of benzene rings is 1. The van der Waals surface area contributed by atoms with Crippen LogP contribution in [0.1, 0.15) is 12.0 Å². The summed E-state index contributed by atoms with van der Waals surface area (Å²) in [7, 11) is 1.72. The zero-order chi connectivity index (χ0) is 14.0. The van der Waals surface area contributed by atoms with Crippen molar-refractivity contribution in [2.75, 3.05) is 33.4 Å². The van der Waals surface area contributed by atoms with Gasteiger partial charge in [0.2, 0.25) is 0 Å². The first-order valence-electron chi connectivity index (χ1n) is 7.00. The number of hydrogen-bond donors (Lipinski definition) is 2. The quantitative estimate of drug-likeness (QED) is 0.676. The van der Waals surface area contributed by atoms with Crippen LogP contribution in [0.2, 0.25) is 0 Å². The molecule has 1 heterocycles. The molecule has 0 aliphatic carbocycles. The monoisotopic (exact) mass is 274 g/mol. The van der Waals surface area contributed by atoms with Crippen molar-refractivity contribution < 1.29 is 4.74 Å². The van der Waals surface area contributed by atoms with E-state index in [1.807, 2.05) is 6.07 Å². The summed E-state index contributed by atoms with van der Waals surface area (Å²) in [6, 6.07) is 6.21. The third kappa shape index (κ3) is 4.85. The highest BCUT2D eigenvalue weighted by Gasteiger charge is 1.98. The van der Waals surface area contributed by atoms with Gasteiger partial charge < -0.3 is 15.4 Å². The van der Waals surface area contributed by atoms with Crippen molar-refractivity contribution in [1.82, 2.24) is 20.6 Å². The van der Waals surface area contributed by atoms with E-state index in [-0.39, 0.29) is 0 Å². The third-order valence-electron chi connectivity index (χ3n) is 3.05. The predicted octanol–water partition coefficient (Wildman–Crippen LogP) is 1.35. The molecule has 0 atom stereocenters. The van der Waals surface area contributed by atoms with Gasteiger partial charge in [0.05, 0.1) is 17.6 Å². The van der Waals surface area contributed by atoms with Crippen molar-refractivity contribution in [1.29, 1.82) is 0 Å². The van der Waals surface area contributed by atoms with Gasteiger partial charge in [0.25, 0.3) is 0 Å². The molecule has 108 valence electrons. The minimum Gasteiger partial charge on any atom is -0.383 e. The number of rotatable bonds is 9. The Labute approximate surface area is 119 Å². The van der Waals surface area contributed by atoms with E-state index < -0.39 is 0 Å². The second-order valence-electron chi connectivity index (χ2n) is 4.65. The van der Waals surface area contributed by atoms with Crippen molar-refractivity contribution in [2.24, 2.45) is 0 Å². The molecule has 0 saturated heterocycles. The molecule has 0 fully saturated rings. The van der Waals surface area contributed by atoms with Gasteiger partial charge >= 0.3 is 0 Å². The van der Waals surface area contributed by atoms with Crippen molar-refractivity contribution in [3.63, 3.8) is 0 Å². The van der Waals surface area contributed by atoms with Crippen LogP contribution in [-0.4, -0.2) is 43.3 Å². The minimum absolute atomic E-state index is 0.769. The summed E-state index contributed by atoms with van der Waals surface area (Å²) in [5, 5.41) is 6.76. The number of nitrogens with zero attached hydrogens (tertiary/aromatic N) is 2. The van der Waals surface area contributed by atoms with E-state index in [1.165, 1.54) is 5.56 Å². The van der Waals surface area contributed by atoms with Crippen molar-refractivity contribution in [2.45, 2.75) is 13.0 Å². The van der Waals surface area contributed by atoms with Crippen LogP contribution in [0.15, 0.2) is 30.6 Å². The summed E-state index contributed by atoms with van der Waals surface area (Å²) in [6.07, 6.45) is 4.55. The fourth-order valence-electron chi connectivity index (χ4n) is 1.99. The first kappa shape index (κ1) is 14.8. The van der Waals surface area contributed by atoms with Crippen LogP contribution < -0.4 is 10.6 Å². The molecule has 2 aromatic rings. The molecule has 2 N–H and O–H groups in total. The highest BCUT2D eigenvalue weighted by molar-refractivity contribution is 5.74. The van der Waals surface area contributed by atoms with Gasteiger partial charge in [-0.25, -0.2) is 0 Å². The lowest BCUT2D eigenvalue weighted by atomic mass is 10.2. The molecule has 0 aliphatic heterocycles. The fourth-order valence-corrected chi connectivity index (χ4v) is 1.99. The van der Waals surface area contributed by atoms with Crippen LogP contribution in [0.5, 0.6) is 0 Å². The Bertz CT molecular complexity index is 518. The van der Waals surface area contributed by atoms with Crippen molar-refractivity contribution in [3.8, 4) is 0 Å². The van der Waals surface area contributed by atoms with Crippen LogP contribution in [0, 0.1) is 0 Å². The average Bonchev–Trinajstić information content (AvgIpc) is 2.50. The van der Waals surface area contributed by atoms with Gasteiger partial charge in [0, 0.05) is 32.6 Å². The Morgan fingerprint density at radius 1 is 1.00 bits per heavy atom. The lowest BCUT2D eigenvalue weighted by Gasteiger charge is -2.07. The molecule has 0 spiro atoms. The molecule has 0 saturated carbocycles. The van der Waals surface area contributed by atoms with E-state index in [0.29, 0.717) is 0 Å². The number of fused-ring (bicyclic) bond motifs is 1. The molecule has 0 unspecified atom stereocenters. The molecule has 20 heavy (non-hydrogen) atoms. The van der Waals surface area contributed by atoms with E-state index in [2.05, 4.69) is 32.7 Å². The summed E-state index contributed by atoms with van der Waals surface area (Å²) in [6.45, 7) is 4.56. The Balaban J connectivity index is 1.65. The standard InChI is InChI=1S/C15H22N4O/c1-20-10-9-16-5-2-6-17-12-13-3-4-14-15(11-13)19-8-7-18-14/h3-4,7-8,11,16-17H,2,5-6,9-10,12H2,1H3. The van der Waals surface area contributed by atoms with E-state index >= 15 is 0 Å². The minimum atomic E-state index is 0.769. The maximum absolute atomic E-state index is 4.97. The number of methoxy groups -OCH3 is 1. The smallest absolute Gasteiger partial charge is 0.0890 e. The molecule has 2 rings (SSSR count). The maximum Gasteiger partial charge on any atom is 0.0890 e. The summed E-state index contributed by atoms with van der Waals surface area (Å²) >= 11 is 0. The number of aromatic nitrogens is 2. The van der Waals surface area contributed by atoms with E-state index in [0.717, 1.165) is 50.2 Å². The third-order valence-corrected chi connectivity index (χ3v) is 3.05. The Kier molecular flexibility index (Phi) is 6.37. The molecule has 0 aliphatic rings. The van der Waals surface area contributed by atoms with Crippen LogP contribution in [0.4, 0.5) is 0 Å². The lowest BCUT2D eigenvalue weighted by molar-refractivity contribution is 0.199. The lowest BCUT2D eigenvalue weighted by Crippen LogP contribution is -2.24. The number of ether oxygens (including phenoxy) is 1. The van der Waals surface area contributed by atoms with Crippen molar-refractivity contribution >= 4 is 11.0 Å². The second-order valence-corrected chi connectivity index (χ2v) is 4.65. The molecule has 0 amide bonds. The molecular formula is C15H22N4O. The van der Waals surface area contributed by atoms with Gasteiger partial charge in [-0.1, -0.05) is 6.07 Å². The van der Waals surface area contributed by atoms with Crippen LogP contribution in [0.25, 0.3) is 11.0 Å². The predicted molar refractivity (Wildman–Crippen MR) is 80.6 cm³/mol. The normalized spacial score (nSPS) is 11.1. The molecule has 5 heteroatoms. The van der Waals surface area contributed by atoms with Gasteiger partial charge in [0.15, 0.2) is 0 Å². The summed E-state index contributed by atoms with van der Waals surface area (Å²) in [5.74, 6) is 0. The fraction of sp³-hybridized carbons (Fsp3) is 0.467. The average molecular weight is 274 g/mol. The SMILES string of the molecule is COCCNCCCNCc1ccc2nccnc2c1. The van der Waals surface area contributed by atoms with E-state index in [4.69, 9.17) is 4.74 Å². The highest BCUT2D eigenvalue weighted by Crippen LogP contribution is 2.10. The van der Waals surface area contributed by atoms with Gasteiger partial charge in [-0.3, -0.25) is 9.97 Å². The Hall–Kier alpha value is -1.56. The van der Waals surface area contributed by atoms with Crippen LogP contribution in [-0.2, 0) is 11.3 Å². The first-order chi connectivity index (χ1) is 9.90. The summed E-state index contributed by atoms with van der Waals surface area (Å²) in [4.78, 5) is 8.58. The Morgan fingerprint density at radius 3 is 2.65 bits per heavy atom. The Morgan fingerprint density at radius 2 is 1.80 bits per heavy atom. The van der Waals surface area contributed by atoms with E-state index in [9.17, 15) is 0 Å². The highest BCUT2D eigenvalue weighted by atomic mass is 16.5. The second kappa shape index (κ2) is 8.58. The van der Waals surface area contributed by atoms with Gasteiger partial charge in [-0.2, -0.15) is 0 Å². The molecule has 1 aromatic heterocycles. The molecule has 0 bridgehead atoms. The van der Waals surface area contributed by atoms with Gasteiger partial charge in [-0.15, -0.1) is 0 Å². The number of hydrogen-bond acceptors (Lipinski definition) is 5. The molecular weight excluding hydrogens is 252 g/mol. The summed E-state index contributed by atoms with van der Waals surface area (Å²) < 4.78 is 4.97. The number of nitrogens with one attached hydrogen (secondary N) is 2. The van der Waals surface area contributed by atoms with Crippen LogP contribution in [0.3, 0.4) is 0 Å². The largest absolute Gasteiger partial charge is 0.383 e. The molecule has 5 nitrogen and oxygen atoms in total. The van der Waals surface area contributed by atoms with Gasteiger partial charge in [0.1, 0.15) is 0 Å².